The van der Waals surface area contributed by atoms with Gasteiger partial charge in [-0.15, -0.1) is 0 Å². The Labute approximate surface area is 140 Å². The number of amides is 1. The maximum Gasteiger partial charge on any atom is 0.407 e. The molecule has 0 aliphatic heterocycles. The molecule has 1 aliphatic rings. The van der Waals surface area contributed by atoms with Gasteiger partial charge >= 0.3 is 6.09 Å². The maximum atomic E-state index is 11.7. The average molecular weight is 318 g/mol. The SMILES string of the molecule is CC(CNC(=O)OC(C)(C)C)NC1CCCCc2ccccc21. The fourth-order valence-corrected chi connectivity index (χ4v) is 3.05. The molecular weight excluding hydrogens is 288 g/mol. The molecule has 0 aromatic heterocycles. The molecule has 0 radical (unpaired) electrons. The minimum Gasteiger partial charge on any atom is -0.444 e. The van der Waals surface area contributed by atoms with Crippen LogP contribution in [0.1, 0.15) is 64.1 Å². The number of alkyl carbamates (subject to hydrolysis) is 1. The van der Waals surface area contributed by atoms with Gasteiger partial charge in [-0.25, -0.2) is 4.79 Å². The Hall–Kier alpha value is -1.55. The van der Waals surface area contributed by atoms with E-state index in [0.29, 0.717) is 12.6 Å². The molecule has 128 valence electrons. The second-order valence-corrected chi connectivity index (χ2v) is 7.45. The quantitative estimate of drug-likeness (QED) is 0.826. The fraction of sp³-hybridized carbons (Fsp3) is 0.632. The zero-order valence-corrected chi connectivity index (χ0v) is 14.8. The lowest BCUT2D eigenvalue weighted by Gasteiger charge is -2.25. The van der Waals surface area contributed by atoms with Crippen molar-refractivity contribution in [2.75, 3.05) is 6.54 Å². The van der Waals surface area contributed by atoms with E-state index in [4.69, 9.17) is 4.74 Å². The Morgan fingerprint density at radius 1 is 1.30 bits per heavy atom. The molecule has 0 heterocycles. The predicted molar refractivity (Wildman–Crippen MR) is 93.6 cm³/mol. The van der Waals surface area contributed by atoms with Crippen molar-refractivity contribution in [2.24, 2.45) is 0 Å². The number of carbonyl (C=O) groups excluding carboxylic acids is 1. The highest BCUT2D eigenvalue weighted by Gasteiger charge is 2.21. The van der Waals surface area contributed by atoms with Crippen molar-refractivity contribution in [3.8, 4) is 0 Å². The molecule has 1 aliphatic carbocycles. The molecular formula is C19H30N2O2. The van der Waals surface area contributed by atoms with Crippen LogP contribution < -0.4 is 10.6 Å². The van der Waals surface area contributed by atoms with Gasteiger partial charge in [0.15, 0.2) is 0 Å². The van der Waals surface area contributed by atoms with E-state index in [1.165, 1.54) is 30.4 Å². The van der Waals surface area contributed by atoms with Crippen LogP contribution in [0.25, 0.3) is 0 Å². The van der Waals surface area contributed by atoms with Crippen molar-refractivity contribution in [3.05, 3.63) is 35.4 Å². The molecule has 23 heavy (non-hydrogen) atoms. The second kappa shape index (κ2) is 7.82. The minimum atomic E-state index is -0.457. The molecule has 1 aromatic rings. The van der Waals surface area contributed by atoms with E-state index >= 15 is 0 Å². The molecule has 4 heteroatoms. The molecule has 2 N–H and O–H groups in total. The summed E-state index contributed by atoms with van der Waals surface area (Å²) >= 11 is 0. The van der Waals surface area contributed by atoms with Crippen molar-refractivity contribution in [1.29, 1.82) is 0 Å². The molecule has 2 rings (SSSR count). The fourth-order valence-electron chi connectivity index (χ4n) is 3.05. The smallest absolute Gasteiger partial charge is 0.407 e. The van der Waals surface area contributed by atoms with Crippen LogP contribution in [0.3, 0.4) is 0 Å². The number of fused-ring (bicyclic) bond motifs is 1. The Balaban J connectivity index is 1.88. The largest absolute Gasteiger partial charge is 0.444 e. The molecule has 1 amide bonds. The molecule has 2 unspecified atom stereocenters. The average Bonchev–Trinajstić information content (AvgIpc) is 2.66. The Morgan fingerprint density at radius 2 is 2.04 bits per heavy atom. The van der Waals surface area contributed by atoms with Gasteiger partial charge < -0.3 is 15.4 Å². The van der Waals surface area contributed by atoms with Crippen LogP contribution >= 0.6 is 0 Å². The Kier molecular flexibility index (Phi) is 6.05. The van der Waals surface area contributed by atoms with Gasteiger partial charge in [0.2, 0.25) is 0 Å². The molecule has 0 saturated carbocycles. The second-order valence-electron chi connectivity index (χ2n) is 7.45. The van der Waals surface area contributed by atoms with Crippen LogP contribution in [-0.4, -0.2) is 24.3 Å². The molecule has 0 saturated heterocycles. The van der Waals surface area contributed by atoms with Crippen molar-refractivity contribution in [2.45, 2.75) is 71.1 Å². The number of aryl methyl sites for hydroxylation is 1. The summed E-state index contributed by atoms with van der Waals surface area (Å²) in [4.78, 5) is 11.7. The summed E-state index contributed by atoms with van der Waals surface area (Å²) in [5.41, 5.74) is 2.41. The van der Waals surface area contributed by atoms with E-state index in [0.717, 1.165) is 6.42 Å². The van der Waals surface area contributed by atoms with Crippen LogP contribution in [0.2, 0.25) is 0 Å². The van der Waals surface area contributed by atoms with Crippen molar-refractivity contribution in [1.82, 2.24) is 10.6 Å². The maximum absolute atomic E-state index is 11.7. The lowest BCUT2D eigenvalue weighted by atomic mass is 9.98. The third kappa shape index (κ3) is 5.87. The summed E-state index contributed by atoms with van der Waals surface area (Å²) in [6.07, 6.45) is 4.44. The predicted octanol–water partition coefficient (Wildman–Crippen LogP) is 3.96. The molecule has 0 fully saturated rings. The molecule has 2 atom stereocenters. The highest BCUT2D eigenvalue weighted by Crippen LogP contribution is 2.28. The van der Waals surface area contributed by atoms with Gasteiger partial charge in [-0.05, 0) is 58.1 Å². The first-order valence-electron chi connectivity index (χ1n) is 8.66. The van der Waals surface area contributed by atoms with Crippen LogP contribution in [-0.2, 0) is 11.2 Å². The monoisotopic (exact) mass is 318 g/mol. The standard InChI is InChI=1S/C19H30N2O2/c1-14(13-20-18(22)23-19(2,3)4)21-17-12-8-6-10-15-9-5-7-11-16(15)17/h5,7,9,11,14,17,21H,6,8,10,12-13H2,1-4H3,(H,20,22). The third-order valence-corrected chi connectivity index (χ3v) is 4.06. The van der Waals surface area contributed by atoms with E-state index in [-0.39, 0.29) is 12.1 Å². The number of hydrogen-bond donors (Lipinski definition) is 2. The molecule has 0 spiro atoms. The van der Waals surface area contributed by atoms with Gasteiger partial charge in [0, 0.05) is 18.6 Å². The molecule has 4 nitrogen and oxygen atoms in total. The van der Waals surface area contributed by atoms with Crippen molar-refractivity contribution >= 4 is 6.09 Å². The van der Waals surface area contributed by atoms with E-state index in [2.05, 4.69) is 41.8 Å². The first-order valence-corrected chi connectivity index (χ1v) is 8.66. The molecule has 1 aromatic carbocycles. The summed E-state index contributed by atoms with van der Waals surface area (Å²) in [6.45, 7) is 8.28. The summed E-state index contributed by atoms with van der Waals surface area (Å²) in [5, 5.41) is 6.51. The Bertz CT molecular complexity index is 522. The third-order valence-electron chi connectivity index (χ3n) is 4.06. The van der Waals surface area contributed by atoms with Crippen molar-refractivity contribution < 1.29 is 9.53 Å². The number of benzene rings is 1. The van der Waals surface area contributed by atoms with Gasteiger partial charge in [0.05, 0.1) is 0 Å². The lowest BCUT2D eigenvalue weighted by molar-refractivity contribution is 0.0522. The van der Waals surface area contributed by atoms with E-state index in [1.54, 1.807) is 0 Å². The highest BCUT2D eigenvalue weighted by atomic mass is 16.6. The number of hydrogen-bond acceptors (Lipinski definition) is 3. The zero-order valence-electron chi connectivity index (χ0n) is 14.8. The van der Waals surface area contributed by atoms with Crippen molar-refractivity contribution in [3.63, 3.8) is 0 Å². The topological polar surface area (TPSA) is 50.4 Å². The van der Waals surface area contributed by atoms with E-state index in [9.17, 15) is 4.79 Å². The van der Waals surface area contributed by atoms with Crippen LogP contribution in [0.5, 0.6) is 0 Å². The Morgan fingerprint density at radius 3 is 2.78 bits per heavy atom. The number of carbonyl (C=O) groups is 1. The summed E-state index contributed by atoms with van der Waals surface area (Å²) in [7, 11) is 0. The molecule has 0 bridgehead atoms. The van der Waals surface area contributed by atoms with Gasteiger partial charge in [-0.3, -0.25) is 0 Å². The first kappa shape index (κ1) is 17.8. The van der Waals surface area contributed by atoms with Gasteiger partial charge in [-0.1, -0.05) is 30.7 Å². The lowest BCUT2D eigenvalue weighted by Crippen LogP contribution is -2.42. The highest BCUT2D eigenvalue weighted by molar-refractivity contribution is 5.67. The van der Waals surface area contributed by atoms with E-state index in [1.807, 2.05) is 20.8 Å². The normalized spacial score (nSPS) is 19.4. The minimum absolute atomic E-state index is 0.193. The summed E-state index contributed by atoms with van der Waals surface area (Å²) < 4.78 is 5.28. The number of nitrogens with one attached hydrogen (secondary N) is 2. The number of rotatable bonds is 4. The van der Waals surface area contributed by atoms with E-state index < -0.39 is 5.60 Å². The summed E-state index contributed by atoms with van der Waals surface area (Å²) in [5.74, 6) is 0. The summed E-state index contributed by atoms with van der Waals surface area (Å²) in [6, 6.07) is 9.26. The van der Waals surface area contributed by atoms with Gasteiger partial charge in [0.25, 0.3) is 0 Å². The zero-order chi connectivity index (χ0) is 16.9. The van der Waals surface area contributed by atoms with Crippen LogP contribution in [0.4, 0.5) is 4.79 Å². The van der Waals surface area contributed by atoms with Crippen LogP contribution in [0.15, 0.2) is 24.3 Å². The van der Waals surface area contributed by atoms with Gasteiger partial charge in [-0.2, -0.15) is 0 Å². The number of ether oxygens (including phenoxy) is 1. The van der Waals surface area contributed by atoms with Gasteiger partial charge in [0.1, 0.15) is 5.60 Å². The van der Waals surface area contributed by atoms with Crippen LogP contribution in [0, 0.1) is 0 Å². The first-order chi connectivity index (χ1) is 10.8.